The molecule has 192 valence electrons. The minimum absolute atomic E-state index is 0.0845. The van der Waals surface area contributed by atoms with Crippen LogP contribution in [0.15, 0.2) is 46.8 Å². The number of fused-ring (bicyclic) bond motifs is 1. The first kappa shape index (κ1) is 24.7. The normalized spacial score (nSPS) is 19.7. The largest absolute Gasteiger partial charge is 0.484 e. The number of aromatic amines is 1. The van der Waals surface area contributed by atoms with Gasteiger partial charge in [-0.1, -0.05) is 30.0 Å². The number of ether oxygens (including phenoxy) is 1. The van der Waals surface area contributed by atoms with Crippen molar-refractivity contribution in [3.63, 3.8) is 0 Å². The van der Waals surface area contributed by atoms with Gasteiger partial charge in [0.25, 0.3) is 11.8 Å². The van der Waals surface area contributed by atoms with E-state index in [-0.39, 0.29) is 24.1 Å². The third-order valence-corrected chi connectivity index (χ3v) is 8.00. The van der Waals surface area contributed by atoms with Crippen LogP contribution in [0.25, 0.3) is 0 Å². The van der Waals surface area contributed by atoms with Gasteiger partial charge in [0.05, 0.1) is 0 Å². The van der Waals surface area contributed by atoms with Gasteiger partial charge in [-0.05, 0) is 45.5 Å². The molecular weight excluding hydrogens is 524 g/mol. The zero-order valence-electron chi connectivity index (χ0n) is 19.2. The Bertz CT molecular complexity index is 1330. The number of carbonyl (C=O) groups is 3. The Morgan fingerprint density at radius 3 is 2.84 bits per heavy atom. The van der Waals surface area contributed by atoms with Crippen LogP contribution in [0, 0.1) is 0 Å². The lowest BCUT2D eigenvalue weighted by Gasteiger charge is -2.49. The molecule has 4 heterocycles. The summed E-state index contributed by atoms with van der Waals surface area (Å²) in [6.07, 6.45) is 0. The average molecular weight is 545 g/mol. The standard InChI is InChI=1S/C20H20N10O5S2/c1-10(16-22-25-26-23-16)30-20(24-27-28-30)37-9-11-8-36-18-14(17(32)29(18)15(11)19(33)34)21-13(31)7-35-12-5-3-2-4-6-12/h2-6,10,14,18H,7-9H2,1H3,(H,21,31)(H,33,34)(H,22,23,25,26)/t10?,14-,18+/m1/s1. The topological polar surface area (TPSA) is 194 Å². The number of nitrogens with zero attached hydrogens (tertiary/aromatic N) is 8. The van der Waals surface area contributed by atoms with E-state index >= 15 is 0 Å². The van der Waals surface area contributed by atoms with Gasteiger partial charge in [0, 0.05) is 11.5 Å². The number of β-lactam (4-membered cyclic amide) rings is 1. The lowest BCUT2D eigenvalue weighted by atomic mass is 10.0. The molecule has 17 heteroatoms. The van der Waals surface area contributed by atoms with Crippen LogP contribution in [0.4, 0.5) is 0 Å². The first-order valence-electron chi connectivity index (χ1n) is 11.0. The molecule has 5 rings (SSSR count). The van der Waals surface area contributed by atoms with E-state index in [4.69, 9.17) is 4.74 Å². The van der Waals surface area contributed by atoms with Crippen molar-refractivity contribution in [2.24, 2.45) is 0 Å². The molecule has 0 bridgehead atoms. The van der Waals surface area contributed by atoms with Crippen LogP contribution in [0.2, 0.25) is 0 Å². The molecule has 37 heavy (non-hydrogen) atoms. The Kier molecular flexibility index (Phi) is 7.04. The van der Waals surface area contributed by atoms with Gasteiger partial charge in [-0.25, -0.2) is 14.6 Å². The third kappa shape index (κ3) is 4.99. The summed E-state index contributed by atoms with van der Waals surface area (Å²) < 4.78 is 6.94. The predicted molar refractivity (Wildman–Crippen MR) is 128 cm³/mol. The van der Waals surface area contributed by atoms with Gasteiger partial charge in [-0.3, -0.25) is 14.5 Å². The average Bonchev–Trinajstić information content (AvgIpc) is 3.61. The Morgan fingerprint density at radius 1 is 1.30 bits per heavy atom. The van der Waals surface area contributed by atoms with E-state index in [9.17, 15) is 19.5 Å². The Balaban J connectivity index is 1.23. The molecule has 1 aromatic carbocycles. The number of carboxylic acids is 1. The van der Waals surface area contributed by atoms with Gasteiger partial charge in [0.15, 0.2) is 12.4 Å². The van der Waals surface area contributed by atoms with Crippen molar-refractivity contribution in [2.75, 3.05) is 18.1 Å². The second-order valence-electron chi connectivity index (χ2n) is 7.97. The number of rotatable bonds is 10. The molecule has 0 radical (unpaired) electrons. The van der Waals surface area contributed by atoms with E-state index in [1.54, 1.807) is 24.3 Å². The van der Waals surface area contributed by atoms with E-state index in [0.29, 0.717) is 28.1 Å². The fourth-order valence-electron chi connectivity index (χ4n) is 3.81. The van der Waals surface area contributed by atoms with E-state index in [0.717, 1.165) is 0 Å². The highest BCUT2D eigenvalue weighted by Gasteiger charge is 2.54. The number of nitrogens with one attached hydrogen (secondary N) is 2. The zero-order valence-corrected chi connectivity index (χ0v) is 20.8. The number of hydrogen-bond donors (Lipinski definition) is 3. The van der Waals surface area contributed by atoms with Crippen molar-refractivity contribution in [3.05, 3.63) is 47.4 Å². The second-order valence-corrected chi connectivity index (χ2v) is 10.0. The Morgan fingerprint density at radius 2 is 2.11 bits per heavy atom. The number of aliphatic carboxylic acids is 1. The van der Waals surface area contributed by atoms with Crippen LogP contribution < -0.4 is 10.1 Å². The molecule has 1 saturated heterocycles. The smallest absolute Gasteiger partial charge is 0.352 e. The number of thioether (sulfide) groups is 2. The van der Waals surface area contributed by atoms with Crippen LogP contribution in [-0.2, 0) is 14.4 Å². The molecule has 0 spiro atoms. The highest BCUT2D eigenvalue weighted by Crippen LogP contribution is 2.41. The fraction of sp³-hybridized carbons (Fsp3) is 0.350. The molecule has 1 unspecified atom stereocenters. The number of carbonyl (C=O) groups excluding carboxylic acids is 2. The molecule has 0 aliphatic carbocycles. The quantitative estimate of drug-likeness (QED) is 0.223. The summed E-state index contributed by atoms with van der Waals surface area (Å²) in [4.78, 5) is 38.6. The fourth-order valence-corrected chi connectivity index (χ4v) is 6.25. The summed E-state index contributed by atoms with van der Waals surface area (Å²) >= 11 is 2.62. The predicted octanol–water partition coefficient (Wildman–Crippen LogP) is -0.295. The monoisotopic (exact) mass is 544 g/mol. The molecule has 0 saturated carbocycles. The van der Waals surface area contributed by atoms with Gasteiger partial charge >= 0.3 is 5.97 Å². The van der Waals surface area contributed by atoms with Crippen molar-refractivity contribution in [3.8, 4) is 5.75 Å². The Hall–Kier alpha value is -3.99. The van der Waals surface area contributed by atoms with Gasteiger partial charge in [0.1, 0.15) is 28.9 Å². The third-order valence-electron chi connectivity index (χ3n) is 5.64. The summed E-state index contributed by atoms with van der Waals surface area (Å²) in [5.74, 6) is -0.568. The van der Waals surface area contributed by atoms with Gasteiger partial charge in [0.2, 0.25) is 5.16 Å². The molecule has 1 fully saturated rings. The van der Waals surface area contributed by atoms with E-state index < -0.39 is 29.2 Å². The first-order valence-corrected chi connectivity index (χ1v) is 13.0. The number of amides is 2. The van der Waals surface area contributed by atoms with Crippen molar-refractivity contribution in [2.45, 2.75) is 29.5 Å². The van der Waals surface area contributed by atoms with Crippen LogP contribution >= 0.6 is 23.5 Å². The van der Waals surface area contributed by atoms with Crippen LogP contribution in [0.1, 0.15) is 18.8 Å². The molecule has 3 aromatic rings. The van der Waals surface area contributed by atoms with Crippen molar-refractivity contribution >= 4 is 41.3 Å². The molecule has 2 aliphatic heterocycles. The number of benzene rings is 1. The van der Waals surface area contributed by atoms with Gasteiger partial charge in [-0.2, -0.15) is 0 Å². The maximum atomic E-state index is 12.9. The summed E-state index contributed by atoms with van der Waals surface area (Å²) in [6.45, 7) is 1.55. The maximum absolute atomic E-state index is 12.9. The number of tetrazole rings is 2. The van der Waals surface area contributed by atoms with Crippen LogP contribution in [-0.4, -0.2) is 98.1 Å². The summed E-state index contributed by atoms with van der Waals surface area (Å²) in [7, 11) is 0. The maximum Gasteiger partial charge on any atom is 0.352 e. The first-order chi connectivity index (χ1) is 17.9. The van der Waals surface area contributed by atoms with Crippen molar-refractivity contribution < 1.29 is 24.2 Å². The molecular formula is C20H20N10O5S2. The lowest BCUT2D eigenvalue weighted by molar-refractivity contribution is -0.150. The zero-order chi connectivity index (χ0) is 25.9. The number of H-pyrrole nitrogens is 1. The highest BCUT2D eigenvalue weighted by molar-refractivity contribution is 8.01. The van der Waals surface area contributed by atoms with Crippen molar-refractivity contribution in [1.29, 1.82) is 0 Å². The number of carboxylic acid groups (broad SMARTS) is 1. The summed E-state index contributed by atoms with van der Waals surface area (Å²) in [5, 5.41) is 37.8. The van der Waals surface area contributed by atoms with E-state index in [1.165, 1.54) is 33.1 Å². The van der Waals surface area contributed by atoms with Gasteiger partial charge in [-0.15, -0.1) is 22.0 Å². The number of aromatic nitrogens is 8. The SMILES string of the molecule is CC(c1nnn[nH]1)n1nnnc1SCC1=C(C(=O)O)N2C(=O)[C@@H](NC(=O)COc3ccccc3)[C@@H]2SC1. The minimum Gasteiger partial charge on any atom is -0.484 e. The van der Waals surface area contributed by atoms with Gasteiger partial charge < -0.3 is 15.2 Å². The molecule has 15 nitrogen and oxygen atoms in total. The molecule has 3 atom stereocenters. The lowest BCUT2D eigenvalue weighted by Crippen LogP contribution is -2.70. The van der Waals surface area contributed by atoms with Crippen LogP contribution in [0.3, 0.4) is 0 Å². The molecule has 3 N–H and O–H groups in total. The van der Waals surface area contributed by atoms with E-state index in [2.05, 4.69) is 41.5 Å². The van der Waals surface area contributed by atoms with Crippen LogP contribution in [0.5, 0.6) is 5.75 Å². The second kappa shape index (κ2) is 10.6. The molecule has 2 amide bonds. The number of para-hydroxylation sites is 1. The Labute approximate surface area is 217 Å². The summed E-state index contributed by atoms with van der Waals surface area (Å²) in [5.41, 5.74) is 0.464. The molecule has 2 aliphatic rings. The van der Waals surface area contributed by atoms with Crippen molar-refractivity contribution in [1.82, 2.24) is 51.0 Å². The minimum atomic E-state index is -1.22. The van der Waals surface area contributed by atoms with E-state index in [1.807, 2.05) is 13.0 Å². The molecule has 2 aromatic heterocycles. The number of hydrogen-bond acceptors (Lipinski definition) is 12. The highest BCUT2D eigenvalue weighted by atomic mass is 32.2. The summed E-state index contributed by atoms with van der Waals surface area (Å²) in [6, 6.07) is 7.62.